The third kappa shape index (κ3) is 2.04. The number of aromatic nitrogens is 1. The molecule has 0 aliphatic heterocycles. The molecule has 2 aromatic rings. The van der Waals surface area contributed by atoms with E-state index in [1.807, 2.05) is 37.3 Å². The van der Waals surface area contributed by atoms with Crippen LogP contribution in [0.25, 0.3) is 11.3 Å². The summed E-state index contributed by atoms with van der Waals surface area (Å²) in [6.45, 7) is 5.98. The molecule has 0 aliphatic rings. The SMILES string of the molecule is Cc1c(C(=O)O)cc(-c2ccccc2)n1C(C)C. The van der Waals surface area contributed by atoms with Gasteiger partial charge in [0.1, 0.15) is 0 Å². The van der Waals surface area contributed by atoms with Crippen LogP contribution in [0.1, 0.15) is 35.9 Å². The first kappa shape index (κ1) is 12.4. The maximum atomic E-state index is 11.2. The maximum Gasteiger partial charge on any atom is 0.337 e. The van der Waals surface area contributed by atoms with Crippen LogP contribution in [0.5, 0.6) is 0 Å². The highest BCUT2D eigenvalue weighted by Crippen LogP contribution is 2.29. The highest BCUT2D eigenvalue weighted by atomic mass is 16.4. The Morgan fingerprint density at radius 2 is 1.83 bits per heavy atom. The Balaban J connectivity index is 2.67. The highest BCUT2D eigenvalue weighted by molar-refractivity contribution is 5.91. The Morgan fingerprint density at radius 1 is 1.22 bits per heavy atom. The summed E-state index contributed by atoms with van der Waals surface area (Å²) in [7, 11) is 0. The molecule has 3 nitrogen and oxygen atoms in total. The number of nitrogens with zero attached hydrogens (tertiary/aromatic N) is 1. The summed E-state index contributed by atoms with van der Waals surface area (Å²) in [5.41, 5.74) is 3.18. The second kappa shape index (κ2) is 4.69. The Hall–Kier alpha value is -2.03. The van der Waals surface area contributed by atoms with Crippen LogP contribution < -0.4 is 0 Å². The van der Waals surface area contributed by atoms with Gasteiger partial charge < -0.3 is 9.67 Å². The van der Waals surface area contributed by atoms with E-state index in [0.717, 1.165) is 17.0 Å². The molecule has 0 fully saturated rings. The normalized spacial score (nSPS) is 10.9. The van der Waals surface area contributed by atoms with E-state index in [-0.39, 0.29) is 6.04 Å². The largest absolute Gasteiger partial charge is 0.478 e. The number of carboxylic acid groups (broad SMARTS) is 1. The molecule has 0 atom stereocenters. The van der Waals surface area contributed by atoms with Gasteiger partial charge in [0.25, 0.3) is 0 Å². The molecule has 0 radical (unpaired) electrons. The molecule has 94 valence electrons. The van der Waals surface area contributed by atoms with Crippen LogP contribution in [0.2, 0.25) is 0 Å². The van der Waals surface area contributed by atoms with E-state index in [1.165, 1.54) is 0 Å². The van der Waals surface area contributed by atoms with Crippen LogP contribution in [0, 0.1) is 6.92 Å². The Labute approximate surface area is 107 Å². The van der Waals surface area contributed by atoms with E-state index in [0.29, 0.717) is 5.56 Å². The molecule has 2 rings (SSSR count). The molecule has 1 aromatic heterocycles. The van der Waals surface area contributed by atoms with Crippen molar-refractivity contribution in [3.8, 4) is 11.3 Å². The van der Waals surface area contributed by atoms with E-state index < -0.39 is 5.97 Å². The van der Waals surface area contributed by atoms with Crippen molar-refractivity contribution in [3.05, 3.63) is 47.7 Å². The van der Waals surface area contributed by atoms with Crippen molar-refractivity contribution in [3.63, 3.8) is 0 Å². The van der Waals surface area contributed by atoms with Crippen molar-refractivity contribution in [2.45, 2.75) is 26.8 Å². The predicted molar refractivity (Wildman–Crippen MR) is 71.9 cm³/mol. The average molecular weight is 243 g/mol. The monoisotopic (exact) mass is 243 g/mol. The number of aromatic carboxylic acids is 1. The van der Waals surface area contributed by atoms with Crippen molar-refractivity contribution in [2.75, 3.05) is 0 Å². The summed E-state index contributed by atoms with van der Waals surface area (Å²) in [6, 6.07) is 11.9. The van der Waals surface area contributed by atoms with E-state index in [4.69, 9.17) is 0 Å². The maximum absolute atomic E-state index is 11.2. The van der Waals surface area contributed by atoms with Gasteiger partial charge in [-0.25, -0.2) is 4.79 Å². The minimum Gasteiger partial charge on any atom is -0.478 e. The molecular weight excluding hydrogens is 226 g/mol. The Kier molecular flexibility index (Phi) is 3.24. The summed E-state index contributed by atoms with van der Waals surface area (Å²) < 4.78 is 2.07. The third-order valence-electron chi connectivity index (χ3n) is 3.11. The number of rotatable bonds is 3. The minimum absolute atomic E-state index is 0.230. The van der Waals surface area contributed by atoms with Gasteiger partial charge >= 0.3 is 5.97 Å². The molecule has 0 aliphatic carbocycles. The summed E-state index contributed by atoms with van der Waals surface area (Å²) in [6.07, 6.45) is 0. The van der Waals surface area contributed by atoms with Crippen LogP contribution in [0.4, 0.5) is 0 Å². The van der Waals surface area contributed by atoms with Gasteiger partial charge in [-0.15, -0.1) is 0 Å². The molecule has 0 spiro atoms. The molecule has 1 N–H and O–H groups in total. The number of benzene rings is 1. The van der Waals surface area contributed by atoms with Crippen LogP contribution in [-0.2, 0) is 0 Å². The smallest absolute Gasteiger partial charge is 0.337 e. The first-order valence-electron chi connectivity index (χ1n) is 6.03. The Bertz CT molecular complexity index is 568. The van der Waals surface area contributed by atoms with Gasteiger partial charge in [0, 0.05) is 17.4 Å². The summed E-state index contributed by atoms with van der Waals surface area (Å²) in [4.78, 5) is 11.2. The molecule has 18 heavy (non-hydrogen) atoms. The molecule has 1 aromatic carbocycles. The third-order valence-corrected chi connectivity index (χ3v) is 3.11. The fourth-order valence-corrected chi connectivity index (χ4v) is 2.33. The first-order valence-corrected chi connectivity index (χ1v) is 6.03. The lowest BCUT2D eigenvalue weighted by Crippen LogP contribution is -2.06. The molecular formula is C15H17NO2. The van der Waals surface area contributed by atoms with E-state index >= 15 is 0 Å². The first-order chi connectivity index (χ1) is 8.52. The van der Waals surface area contributed by atoms with Crippen molar-refractivity contribution < 1.29 is 9.90 Å². The van der Waals surface area contributed by atoms with Gasteiger partial charge in [-0.2, -0.15) is 0 Å². The van der Waals surface area contributed by atoms with Crippen LogP contribution in [-0.4, -0.2) is 15.6 Å². The van der Waals surface area contributed by atoms with Gasteiger partial charge in [0.2, 0.25) is 0 Å². The van der Waals surface area contributed by atoms with Gasteiger partial charge in [0.05, 0.1) is 5.56 Å². The fraction of sp³-hybridized carbons (Fsp3) is 0.267. The fourth-order valence-electron chi connectivity index (χ4n) is 2.33. The number of carbonyl (C=O) groups is 1. The van der Waals surface area contributed by atoms with Gasteiger partial charge in [-0.1, -0.05) is 30.3 Å². The zero-order chi connectivity index (χ0) is 13.3. The summed E-state index contributed by atoms with van der Waals surface area (Å²) in [5, 5.41) is 9.22. The van der Waals surface area contributed by atoms with Crippen molar-refractivity contribution >= 4 is 5.97 Å². The van der Waals surface area contributed by atoms with Gasteiger partial charge in [-0.3, -0.25) is 0 Å². The number of hydrogen-bond donors (Lipinski definition) is 1. The molecule has 0 saturated heterocycles. The second-order valence-corrected chi connectivity index (χ2v) is 4.66. The van der Waals surface area contributed by atoms with Crippen molar-refractivity contribution in [1.82, 2.24) is 4.57 Å². The molecule has 0 unspecified atom stereocenters. The zero-order valence-corrected chi connectivity index (χ0v) is 10.8. The lowest BCUT2D eigenvalue weighted by Gasteiger charge is -2.15. The molecule has 0 amide bonds. The lowest BCUT2D eigenvalue weighted by atomic mass is 10.1. The molecule has 0 bridgehead atoms. The highest BCUT2D eigenvalue weighted by Gasteiger charge is 2.18. The number of hydrogen-bond acceptors (Lipinski definition) is 1. The molecule has 1 heterocycles. The van der Waals surface area contributed by atoms with Gasteiger partial charge in [-0.05, 0) is 32.4 Å². The standard InChI is InChI=1S/C15H17NO2/c1-10(2)16-11(3)13(15(17)18)9-14(16)12-7-5-4-6-8-12/h4-10H,1-3H3,(H,17,18). The summed E-state index contributed by atoms with van der Waals surface area (Å²) >= 11 is 0. The van der Waals surface area contributed by atoms with Crippen LogP contribution in [0.3, 0.4) is 0 Å². The molecule has 0 saturated carbocycles. The van der Waals surface area contributed by atoms with Crippen LogP contribution in [0.15, 0.2) is 36.4 Å². The quantitative estimate of drug-likeness (QED) is 0.892. The van der Waals surface area contributed by atoms with E-state index in [9.17, 15) is 9.90 Å². The van der Waals surface area contributed by atoms with E-state index in [1.54, 1.807) is 6.07 Å². The Morgan fingerprint density at radius 3 is 2.33 bits per heavy atom. The summed E-state index contributed by atoms with van der Waals surface area (Å²) in [5.74, 6) is -0.871. The van der Waals surface area contributed by atoms with Crippen LogP contribution >= 0.6 is 0 Å². The minimum atomic E-state index is -0.871. The molecule has 3 heteroatoms. The second-order valence-electron chi connectivity index (χ2n) is 4.66. The number of carboxylic acids is 1. The van der Waals surface area contributed by atoms with Gasteiger partial charge in [0.15, 0.2) is 0 Å². The van der Waals surface area contributed by atoms with Crippen molar-refractivity contribution in [1.29, 1.82) is 0 Å². The van der Waals surface area contributed by atoms with E-state index in [2.05, 4.69) is 18.4 Å². The predicted octanol–water partition coefficient (Wildman–Crippen LogP) is 3.74. The van der Waals surface area contributed by atoms with Crippen molar-refractivity contribution in [2.24, 2.45) is 0 Å². The zero-order valence-electron chi connectivity index (χ0n) is 10.8. The topological polar surface area (TPSA) is 42.2 Å². The average Bonchev–Trinajstić information content (AvgIpc) is 2.68. The lowest BCUT2D eigenvalue weighted by molar-refractivity contribution is 0.0696.